The Morgan fingerprint density at radius 2 is 2.19 bits per heavy atom. The predicted molar refractivity (Wildman–Crippen MR) is 65.7 cm³/mol. The van der Waals surface area contributed by atoms with Crippen molar-refractivity contribution < 1.29 is 4.79 Å². The Labute approximate surface area is 101 Å². The quantitative estimate of drug-likeness (QED) is 0.742. The molecule has 0 amide bonds. The summed E-state index contributed by atoms with van der Waals surface area (Å²) in [7, 11) is 1.82. The third kappa shape index (κ3) is 2.95. The van der Waals surface area contributed by atoms with E-state index in [0.29, 0.717) is 11.4 Å². The minimum Gasteiger partial charge on any atom is -0.294 e. The van der Waals surface area contributed by atoms with Gasteiger partial charge >= 0.3 is 0 Å². The highest BCUT2D eigenvalue weighted by molar-refractivity contribution is 6.32. The number of nitrogens with zero attached hydrogens (tertiary/aromatic N) is 2. The van der Waals surface area contributed by atoms with Crippen LogP contribution in [0.4, 0.5) is 0 Å². The molecule has 1 aromatic rings. The molecule has 0 fully saturated rings. The predicted octanol–water partition coefficient (Wildman–Crippen LogP) is 2.71. The molecule has 4 heteroatoms. The van der Waals surface area contributed by atoms with Gasteiger partial charge in [-0.2, -0.15) is 5.10 Å². The fraction of sp³-hybridized carbons (Fsp3) is 0.500. The Morgan fingerprint density at radius 1 is 1.50 bits per heavy atom. The average Bonchev–Trinajstić information content (AvgIpc) is 2.53. The summed E-state index contributed by atoms with van der Waals surface area (Å²) < 4.78 is 1.69. The van der Waals surface area contributed by atoms with Gasteiger partial charge in [0.25, 0.3) is 0 Å². The first kappa shape index (κ1) is 13.0. The molecule has 1 heterocycles. The summed E-state index contributed by atoms with van der Waals surface area (Å²) in [6.07, 6.45) is 5.43. The van der Waals surface area contributed by atoms with Crippen LogP contribution in [-0.4, -0.2) is 15.6 Å². The number of carbonyl (C=O) groups excluding carboxylic acids is 1. The van der Waals surface area contributed by atoms with Gasteiger partial charge in [0.2, 0.25) is 0 Å². The molecule has 0 spiro atoms. The lowest BCUT2D eigenvalue weighted by molar-refractivity contribution is -0.114. The van der Waals surface area contributed by atoms with Crippen LogP contribution in [0.2, 0.25) is 5.02 Å². The van der Waals surface area contributed by atoms with E-state index < -0.39 is 0 Å². The summed E-state index contributed by atoms with van der Waals surface area (Å²) in [6.45, 7) is 3.99. The molecule has 0 radical (unpaired) electrons. The second-order valence-corrected chi connectivity index (χ2v) is 4.02. The zero-order valence-electron chi connectivity index (χ0n) is 9.96. The highest BCUT2D eigenvalue weighted by Gasteiger charge is 2.14. The number of aryl methyl sites for hydroxylation is 2. The van der Waals surface area contributed by atoms with E-state index >= 15 is 0 Å². The topological polar surface area (TPSA) is 34.9 Å². The van der Waals surface area contributed by atoms with Crippen LogP contribution < -0.4 is 0 Å². The zero-order valence-corrected chi connectivity index (χ0v) is 10.7. The van der Waals surface area contributed by atoms with Gasteiger partial charge in [0, 0.05) is 7.05 Å². The van der Waals surface area contributed by atoms with E-state index in [1.54, 1.807) is 10.8 Å². The van der Waals surface area contributed by atoms with Gasteiger partial charge in [-0.15, -0.1) is 0 Å². The van der Waals surface area contributed by atoms with E-state index in [0.717, 1.165) is 24.2 Å². The van der Waals surface area contributed by atoms with Crippen molar-refractivity contribution in [3.8, 4) is 0 Å². The highest BCUT2D eigenvalue weighted by atomic mass is 35.5. The largest absolute Gasteiger partial charge is 0.294 e. The molecule has 0 aromatic carbocycles. The first-order valence-electron chi connectivity index (χ1n) is 5.49. The average molecular weight is 241 g/mol. The fourth-order valence-corrected chi connectivity index (χ4v) is 1.85. The third-order valence-electron chi connectivity index (χ3n) is 2.38. The van der Waals surface area contributed by atoms with Crippen LogP contribution in [0.3, 0.4) is 0 Å². The lowest BCUT2D eigenvalue weighted by Gasteiger charge is -1.99. The van der Waals surface area contributed by atoms with Gasteiger partial charge in [0.15, 0.2) is 5.78 Å². The third-order valence-corrected chi connectivity index (χ3v) is 2.82. The molecule has 0 aliphatic heterocycles. The van der Waals surface area contributed by atoms with E-state index in [4.69, 9.17) is 11.6 Å². The molecule has 0 saturated heterocycles. The van der Waals surface area contributed by atoms with Crippen LogP contribution in [0.25, 0.3) is 0 Å². The molecule has 0 aliphatic rings. The molecular formula is C12H17ClN2O. The first-order valence-corrected chi connectivity index (χ1v) is 5.87. The summed E-state index contributed by atoms with van der Waals surface area (Å²) in [5.41, 5.74) is 1.65. The van der Waals surface area contributed by atoms with E-state index in [9.17, 15) is 4.79 Å². The smallest absolute Gasteiger partial charge is 0.161 e. The van der Waals surface area contributed by atoms with E-state index in [1.807, 2.05) is 27.0 Å². The summed E-state index contributed by atoms with van der Waals surface area (Å²) in [6, 6.07) is 0. The van der Waals surface area contributed by atoms with Crippen LogP contribution in [-0.2, 0) is 24.7 Å². The Balaban J connectivity index is 2.85. The Hall–Kier alpha value is -1.09. The van der Waals surface area contributed by atoms with Crippen molar-refractivity contribution in [1.29, 1.82) is 0 Å². The number of rotatable bonds is 5. The molecule has 0 saturated carbocycles. The summed E-state index contributed by atoms with van der Waals surface area (Å²) in [4.78, 5) is 11.6. The number of aromatic nitrogens is 2. The summed E-state index contributed by atoms with van der Waals surface area (Å²) >= 11 is 6.15. The maximum atomic E-state index is 11.6. The maximum absolute atomic E-state index is 11.6. The van der Waals surface area contributed by atoms with Gasteiger partial charge < -0.3 is 0 Å². The summed E-state index contributed by atoms with van der Waals surface area (Å²) in [5, 5.41) is 4.90. The van der Waals surface area contributed by atoms with Crippen LogP contribution in [0.5, 0.6) is 0 Å². The van der Waals surface area contributed by atoms with Crippen molar-refractivity contribution in [2.45, 2.75) is 33.1 Å². The standard InChI is InChI=1S/C12H17ClN2O/c1-4-6-7-9(16)8-11-12(13)10(5-2)14-15(11)3/h6-7H,4-5,8H2,1-3H3/b7-6+. The van der Waals surface area contributed by atoms with Crippen molar-refractivity contribution in [3.63, 3.8) is 0 Å². The maximum Gasteiger partial charge on any atom is 0.161 e. The Morgan fingerprint density at radius 3 is 2.69 bits per heavy atom. The van der Waals surface area contributed by atoms with E-state index in [1.165, 1.54) is 0 Å². The Kier molecular flexibility index (Phi) is 4.74. The van der Waals surface area contributed by atoms with Crippen LogP contribution in [0.15, 0.2) is 12.2 Å². The Bertz CT molecular complexity index is 407. The van der Waals surface area contributed by atoms with Crippen molar-refractivity contribution in [3.05, 3.63) is 28.6 Å². The molecular weight excluding hydrogens is 224 g/mol. The van der Waals surface area contributed by atoms with Gasteiger partial charge in [-0.1, -0.05) is 31.5 Å². The number of hydrogen-bond donors (Lipinski definition) is 0. The van der Waals surface area contributed by atoms with Crippen molar-refractivity contribution >= 4 is 17.4 Å². The lowest BCUT2D eigenvalue weighted by Crippen LogP contribution is -2.05. The number of allylic oxidation sites excluding steroid dienone is 2. The minimum absolute atomic E-state index is 0.0643. The van der Waals surface area contributed by atoms with Gasteiger partial charge in [0.05, 0.1) is 22.8 Å². The molecule has 0 unspecified atom stereocenters. The summed E-state index contributed by atoms with van der Waals surface area (Å²) in [5.74, 6) is 0.0643. The number of ketones is 1. The van der Waals surface area contributed by atoms with Crippen LogP contribution in [0, 0.1) is 0 Å². The SMILES string of the molecule is CC/C=C/C(=O)Cc1c(Cl)c(CC)nn1C. The number of halogens is 1. The normalized spacial score (nSPS) is 11.2. The lowest BCUT2D eigenvalue weighted by atomic mass is 10.2. The zero-order chi connectivity index (χ0) is 12.1. The highest BCUT2D eigenvalue weighted by Crippen LogP contribution is 2.21. The second-order valence-electron chi connectivity index (χ2n) is 3.64. The monoisotopic (exact) mass is 240 g/mol. The van der Waals surface area contributed by atoms with Crippen molar-refractivity contribution in [1.82, 2.24) is 9.78 Å². The van der Waals surface area contributed by atoms with E-state index in [2.05, 4.69) is 5.10 Å². The molecule has 0 N–H and O–H groups in total. The molecule has 88 valence electrons. The van der Waals surface area contributed by atoms with Gasteiger partial charge in [-0.25, -0.2) is 0 Å². The molecule has 16 heavy (non-hydrogen) atoms. The fourth-order valence-electron chi connectivity index (χ4n) is 1.49. The molecule has 0 bridgehead atoms. The minimum atomic E-state index is 0.0643. The molecule has 1 aromatic heterocycles. The molecule has 0 aliphatic carbocycles. The van der Waals surface area contributed by atoms with Crippen molar-refractivity contribution in [2.75, 3.05) is 0 Å². The molecule has 0 atom stereocenters. The number of carbonyl (C=O) groups is 1. The van der Waals surface area contributed by atoms with Gasteiger partial charge in [-0.3, -0.25) is 9.48 Å². The van der Waals surface area contributed by atoms with Crippen LogP contribution >= 0.6 is 11.6 Å². The molecule has 1 rings (SSSR count). The van der Waals surface area contributed by atoms with Crippen LogP contribution in [0.1, 0.15) is 31.7 Å². The second kappa shape index (κ2) is 5.85. The molecule has 3 nitrogen and oxygen atoms in total. The number of hydrogen-bond acceptors (Lipinski definition) is 2. The van der Waals surface area contributed by atoms with Gasteiger partial charge in [-0.05, 0) is 18.9 Å². The first-order chi connectivity index (χ1) is 7.60. The van der Waals surface area contributed by atoms with E-state index in [-0.39, 0.29) is 5.78 Å². The van der Waals surface area contributed by atoms with Crippen molar-refractivity contribution in [2.24, 2.45) is 7.05 Å². The van der Waals surface area contributed by atoms with Gasteiger partial charge in [0.1, 0.15) is 0 Å².